The molecule has 164 valence electrons. The molecule has 30 heavy (non-hydrogen) atoms. The second-order valence-electron chi connectivity index (χ2n) is 8.12. The Labute approximate surface area is 185 Å². The van der Waals surface area contributed by atoms with Gasteiger partial charge in [0.25, 0.3) is 0 Å². The largest absolute Gasteiger partial charge is 0.444 e. The molecule has 2 saturated heterocycles. The highest BCUT2D eigenvalue weighted by Crippen LogP contribution is 2.41. The number of alkyl carbamates (subject to hydrolysis) is 1. The van der Waals surface area contributed by atoms with Crippen LogP contribution in [0.25, 0.3) is 0 Å². The van der Waals surface area contributed by atoms with Crippen LogP contribution in [-0.4, -0.2) is 60.5 Å². The number of hydrogen-bond donors (Lipinski definition) is 1. The number of aliphatic imine (C=N–C) groups is 1. The van der Waals surface area contributed by atoms with Crippen molar-refractivity contribution in [2.75, 3.05) is 23.0 Å². The van der Waals surface area contributed by atoms with Gasteiger partial charge in [-0.25, -0.2) is 13.2 Å². The van der Waals surface area contributed by atoms with Crippen LogP contribution in [0.1, 0.15) is 27.2 Å². The third-order valence-corrected chi connectivity index (χ3v) is 7.83. The molecule has 0 unspecified atom stereocenters. The van der Waals surface area contributed by atoms with E-state index < -0.39 is 27.4 Å². The van der Waals surface area contributed by atoms with Crippen molar-refractivity contribution in [3.63, 3.8) is 0 Å². The monoisotopic (exact) mass is 473 g/mol. The summed E-state index contributed by atoms with van der Waals surface area (Å²) in [5.74, 6) is -0.361. The summed E-state index contributed by atoms with van der Waals surface area (Å²) in [6.45, 7) is 5.35. The molecule has 2 atom stereocenters. The zero-order valence-electron chi connectivity index (χ0n) is 16.9. The Bertz CT molecular complexity index is 975. The maximum Gasteiger partial charge on any atom is 0.407 e. The molecule has 0 radical (unpaired) electrons. The van der Waals surface area contributed by atoms with Gasteiger partial charge >= 0.3 is 6.09 Å². The first kappa shape index (κ1) is 22.9. The number of carbonyl (C=O) groups excluding carboxylic acids is 2. The summed E-state index contributed by atoms with van der Waals surface area (Å²) in [6.07, 6.45) is -0.598. The van der Waals surface area contributed by atoms with Crippen LogP contribution in [0.2, 0.25) is 5.02 Å². The first-order valence-corrected chi connectivity index (χ1v) is 12.5. The van der Waals surface area contributed by atoms with Gasteiger partial charge in [-0.1, -0.05) is 29.4 Å². The van der Waals surface area contributed by atoms with E-state index in [-0.39, 0.29) is 35.8 Å². The van der Waals surface area contributed by atoms with Crippen molar-refractivity contribution in [1.29, 1.82) is 0 Å². The fourth-order valence-electron chi connectivity index (χ4n) is 3.24. The third-order valence-electron chi connectivity index (χ3n) is 4.38. The molecule has 0 saturated carbocycles. The van der Waals surface area contributed by atoms with Crippen molar-refractivity contribution >= 4 is 56.1 Å². The topological polar surface area (TPSA) is 105 Å². The fourth-order valence-corrected chi connectivity index (χ4v) is 7.36. The number of anilines is 1. The highest BCUT2D eigenvalue weighted by atomic mass is 35.5. The number of ether oxygens (including phenoxy) is 1. The molecule has 2 fully saturated rings. The summed E-state index contributed by atoms with van der Waals surface area (Å²) in [7, 11) is -3.14. The summed E-state index contributed by atoms with van der Waals surface area (Å²) in [6, 6.07) is 6.72. The van der Waals surface area contributed by atoms with Crippen molar-refractivity contribution in [3.8, 4) is 0 Å². The van der Waals surface area contributed by atoms with Gasteiger partial charge in [0.2, 0.25) is 5.91 Å². The van der Waals surface area contributed by atoms with Crippen LogP contribution < -0.4 is 10.2 Å². The van der Waals surface area contributed by atoms with Crippen molar-refractivity contribution in [1.82, 2.24) is 5.32 Å². The molecule has 0 aliphatic carbocycles. The van der Waals surface area contributed by atoms with E-state index in [0.717, 1.165) is 0 Å². The minimum atomic E-state index is -3.14. The smallest absolute Gasteiger partial charge is 0.407 e. The Balaban J connectivity index is 1.71. The molecular formula is C19H24ClN3O5S2. The second kappa shape index (κ2) is 8.76. The fraction of sp³-hybridized carbons (Fsp3) is 0.526. The quantitative estimate of drug-likeness (QED) is 0.716. The van der Waals surface area contributed by atoms with Crippen molar-refractivity contribution in [2.24, 2.45) is 4.99 Å². The SMILES string of the molecule is CC(C)(C)OC(=O)NCCC(=O)N=C1S[C@H]2CS(=O)(=O)C[C@@H]2N1c1cccc(Cl)c1. The number of nitrogens with one attached hydrogen (secondary N) is 1. The first-order chi connectivity index (χ1) is 13.9. The molecule has 0 bridgehead atoms. The summed E-state index contributed by atoms with van der Waals surface area (Å²) >= 11 is 7.40. The third kappa shape index (κ3) is 5.89. The van der Waals surface area contributed by atoms with Crippen LogP contribution in [0.15, 0.2) is 29.3 Å². The number of carbonyl (C=O) groups is 2. The number of benzene rings is 1. The zero-order valence-corrected chi connectivity index (χ0v) is 19.3. The average Bonchev–Trinajstić information content (AvgIpc) is 3.03. The van der Waals surface area contributed by atoms with E-state index in [4.69, 9.17) is 16.3 Å². The maximum absolute atomic E-state index is 12.4. The lowest BCUT2D eigenvalue weighted by Crippen LogP contribution is -2.37. The maximum atomic E-state index is 12.4. The zero-order chi connectivity index (χ0) is 22.1. The van der Waals surface area contributed by atoms with Crippen LogP contribution in [-0.2, 0) is 19.4 Å². The van der Waals surface area contributed by atoms with Crippen molar-refractivity contribution < 1.29 is 22.7 Å². The number of hydrogen-bond acceptors (Lipinski definition) is 6. The Hall–Kier alpha value is -1.78. The molecule has 0 spiro atoms. The summed E-state index contributed by atoms with van der Waals surface area (Å²) in [5.41, 5.74) is 0.0720. The van der Waals surface area contributed by atoms with Gasteiger partial charge in [-0.3, -0.25) is 4.79 Å². The first-order valence-electron chi connectivity index (χ1n) is 9.44. The number of nitrogens with zero attached hydrogens (tertiary/aromatic N) is 2. The minimum absolute atomic E-state index is 0.000318. The normalized spacial score (nSPS) is 24.0. The molecule has 2 amide bonds. The van der Waals surface area contributed by atoms with Gasteiger partial charge in [0.1, 0.15) is 5.60 Å². The molecular weight excluding hydrogens is 450 g/mol. The van der Waals surface area contributed by atoms with Gasteiger partial charge in [-0.05, 0) is 39.0 Å². The number of fused-ring (bicyclic) bond motifs is 1. The van der Waals surface area contributed by atoms with Gasteiger partial charge in [0.15, 0.2) is 15.0 Å². The molecule has 1 aromatic rings. The van der Waals surface area contributed by atoms with Crippen LogP contribution in [0.5, 0.6) is 0 Å². The Morgan fingerprint density at radius 1 is 1.33 bits per heavy atom. The van der Waals surface area contributed by atoms with Crippen LogP contribution in [0.3, 0.4) is 0 Å². The lowest BCUT2D eigenvalue weighted by molar-refractivity contribution is -0.117. The van der Waals surface area contributed by atoms with Gasteiger partial charge in [-0.15, -0.1) is 0 Å². The van der Waals surface area contributed by atoms with Crippen LogP contribution >= 0.6 is 23.4 Å². The lowest BCUT2D eigenvalue weighted by Gasteiger charge is -2.24. The molecule has 3 rings (SSSR count). The van der Waals surface area contributed by atoms with E-state index in [2.05, 4.69) is 10.3 Å². The number of rotatable bonds is 4. The van der Waals surface area contributed by atoms with Gasteiger partial charge in [0.05, 0.1) is 17.5 Å². The Morgan fingerprint density at radius 3 is 2.73 bits per heavy atom. The van der Waals surface area contributed by atoms with Crippen LogP contribution in [0, 0.1) is 0 Å². The van der Waals surface area contributed by atoms with E-state index in [1.807, 2.05) is 6.07 Å². The molecule has 1 aromatic carbocycles. The van der Waals surface area contributed by atoms with Crippen molar-refractivity contribution in [3.05, 3.63) is 29.3 Å². The molecule has 1 N–H and O–H groups in total. The van der Waals surface area contributed by atoms with E-state index >= 15 is 0 Å². The second-order valence-corrected chi connectivity index (χ2v) is 11.9. The number of halogens is 1. The standard InChI is InChI=1S/C19H24ClN3O5S2/c1-19(2,3)28-18(25)21-8-7-16(24)22-17-23(13-6-4-5-12(20)9-13)14-10-30(26,27)11-15(14)29-17/h4-6,9,14-15H,7-8,10-11H2,1-3H3,(H,21,25)/t14-,15-/m0/s1. The van der Waals surface area contributed by atoms with Gasteiger partial charge < -0.3 is 15.0 Å². The molecule has 11 heteroatoms. The predicted molar refractivity (Wildman–Crippen MR) is 119 cm³/mol. The average molecular weight is 474 g/mol. The van der Waals surface area contributed by atoms with E-state index in [1.165, 1.54) is 11.8 Å². The Kier molecular flexibility index (Phi) is 6.69. The highest BCUT2D eigenvalue weighted by Gasteiger charge is 2.49. The number of amidine groups is 1. The van der Waals surface area contributed by atoms with Crippen molar-refractivity contribution in [2.45, 2.75) is 44.1 Å². The lowest BCUT2D eigenvalue weighted by atomic mass is 10.2. The molecule has 8 nitrogen and oxygen atoms in total. The summed E-state index contributed by atoms with van der Waals surface area (Å²) < 4.78 is 29.3. The van der Waals surface area contributed by atoms with Gasteiger partial charge in [-0.2, -0.15) is 4.99 Å². The molecule has 0 aromatic heterocycles. The van der Waals surface area contributed by atoms with Gasteiger partial charge in [0, 0.05) is 28.9 Å². The Morgan fingerprint density at radius 2 is 2.07 bits per heavy atom. The number of amides is 2. The highest BCUT2D eigenvalue weighted by molar-refractivity contribution is 8.16. The molecule has 2 heterocycles. The number of thioether (sulfide) groups is 1. The predicted octanol–water partition coefficient (Wildman–Crippen LogP) is 2.86. The van der Waals surface area contributed by atoms with E-state index in [1.54, 1.807) is 43.9 Å². The van der Waals surface area contributed by atoms with E-state index in [0.29, 0.717) is 15.9 Å². The summed E-state index contributed by atoms with van der Waals surface area (Å²) in [5, 5.41) is 3.29. The molecule has 2 aliphatic rings. The number of sulfone groups is 1. The van der Waals surface area contributed by atoms with E-state index in [9.17, 15) is 18.0 Å². The minimum Gasteiger partial charge on any atom is -0.444 e. The summed E-state index contributed by atoms with van der Waals surface area (Å²) in [4.78, 5) is 30.1. The van der Waals surface area contributed by atoms with Crippen LogP contribution in [0.4, 0.5) is 10.5 Å². The molecule has 2 aliphatic heterocycles.